The summed E-state index contributed by atoms with van der Waals surface area (Å²) in [6.45, 7) is 3.06. The second-order valence-electron chi connectivity index (χ2n) is 5.28. The van der Waals surface area contributed by atoms with Gasteiger partial charge in [0.05, 0.1) is 10.7 Å². The van der Waals surface area contributed by atoms with E-state index in [1.54, 1.807) is 0 Å². The van der Waals surface area contributed by atoms with Crippen molar-refractivity contribution in [1.29, 1.82) is 0 Å². The Labute approximate surface area is 142 Å². The van der Waals surface area contributed by atoms with Gasteiger partial charge in [-0.05, 0) is 42.3 Å². The number of nitrogens with one attached hydrogen (secondary N) is 2. The van der Waals surface area contributed by atoms with E-state index in [9.17, 15) is 0 Å². The molecule has 2 N–H and O–H groups in total. The van der Waals surface area contributed by atoms with Gasteiger partial charge in [-0.2, -0.15) is 0 Å². The molecule has 0 aliphatic heterocycles. The van der Waals surface area contributed by atoms with Crippen molar-refractivity contribution in [1.82, 2.24) is 5.32 Å². The summed E-state index contributed by atoms with van der Waals surface area (Å²) in [6.07, 6.45) is 2.16. The van der Waals surface area contributed by atoms with Crippen LogP contribution in [0.4, 0.5) is 5.69 Å². The minimum Gasteiger partial charge on any atom is -0.362 e. The van der Waals surface area contributed by atoms with Gasteiger partial charge in [-0.25, -0.2) is 0 Å². The molecule has 2 nitrogen and oxygen atoms in total. The predicted molar refractivity (Wildman–Crippen MR) is 99.6 cm³/mol. The molecule has 0 bridgehead atoms. The van der Waals surface area contributed by atoms with Gasteiger partial charge in [-0.15, -0.1) is 0 Å². The molecule has 2 rings (SSSR count). The second-order valence-corrected chi connectivity index (χ2v) is 6.09. The number of halogens is 1. The first kappa shape index (κ1) is 16.8. The van der Waals surface area contributed by atoms with Crippen molar-refractivity contribution >= 4 is 34.6 Å². The molecule has 0 unspecified atom stereocenters. The van der Waals surface area contributed by atoms with Crippen molar-refractivity contribution in [3.05, 3.63) is 65.2 Å². The van der Waals surface area contributed by atoms with Gasteiger partial charge in [0.2, 0.25) is 0 Å². The van der Waals surface area contributed by atoms with E-state index in [1.807, 2.05) is 30.3 Å². The monoisotopic (exact) mass is 332 g/mol. The minimum absolute atomic E-state index is 0.549. The van der Waals surface area contributed by atoms with E-state index in [2.05, 4.69) is 41.8 Å². The Morgan fingerprint density at radius 3 is 2.45 bits per heavy atom. The lowest BCUT2D eigenvalue weighted by Crippen LogP contribution is -2.33. The Morgan fingerprint density at radius 1 is 1.09 bits per heavy atom. The fraction of sp³-hybridized carbons (Fsp3) is 0.278. The number of anilines is 1. The summed E-state index contributed by atoms with van der Waals surface area (Å²) >= 11 is 11.5. The van der Waals surface area contributed by atoms with Gasteiger partial charge >= 0.3 is 0 Å². The van der Waals surface area contributed by atoms with E-state index in [4.69, 9.17) is 23.8 Å². The highest BCUT2D eigenvalue weighted by Gasteiger charge is 2.09. The maximum absolute atomic E-state index is 6.12. The van der Waals surface area contributed by atoms with Gasteiger partial charge in [0.15, 0.2) is 5.11 Å². The molecule has 0 heterocycles. The molecule has 0 aliphatic carbocycles. The highest BCUT2D eigenvalue weighted by molar-refractivity contribution is 7.80. The largest absolute Gasteiger partial charge is 0.362 e. The summed E-state index contributed by atoms with van der Waals surface area (Å²) in [4.78, 5) is 0. The number of para-hydroxylation sites is 1. The summed E-state index contributed by atoms with van der Waals surface area (Å²) in [7, 11) is 0. The first-order valence-corrected chi connectivity index (χ1v) is 8.31. The molecule has 0 aromatic heterocycles. The van der Waals surface area contributed by atoms with Crippen molar-refractivity contribution in [3.8, 4) is 0 Å². The van der Waals surface area contributed by atoms with Crippen LogP contribution in [0.3, 0.4) is 0 Å². The zero-order valence-electron chi connectivity index (χ0n) is 12.7. The summed E-state index contributed by atoms with van der Waals surface area (Å²) in [5, 5.41) is 7.71. The molecule has 0 aliphatic rings. The maximum atomic E-state index is 6.12. The molecule has 116 valence electrons. The van der Waals surface area contributed by atoms with Crippen LogP contribution >= 0.6 is 23.8 Å². The van der Waals surface area contributed by atoms with Crippen LogP contribution in [0.25, 0.3) is 0 Å². The first-order valence-electron chi connectivity index (χ1n) is 7.52. The van der Waals surface area contributed by atoms with Gasteiger partial charge in [-0.3, -0.25) is 0 Å². The molecule has 4 heteroatoms. The normalized spacial score (nSPS) is 11.7. The van der Waals surface area contributed by atoms with Gasteiger partial charge in [0.1, 0.15) is 0 Å². The average Bonchev–Trinajstić information content (AvgIpc) is 2.54. The molecular formula is C18H21ClN2S. The number of thiocarbonyl (C=S) groups is 1. The van der Waals surface area contributed by atoms with E-state index in [-0.39, 0.29) is 0 Å². The third kappa shape index (κ3) is 5.32. The Balaban J connectivity index is 1.83. The van der Waals surface area contributed by atoms with Gasteiger partial charge in [-0.1, -0.05) is 67.4 Å². The van der Waals surface area contributed by atoms with Crippen LogP contribution in [0.2, 0.25) is 5.02 Å². The Bertz CT molecular complexity index is 601. The fourth-order valence-electron chi connectivity index (χ4n) is 2.27. The van der Waals surface area contributed by atoms with Crippen LogP contribution in [0.5, 0.6) is 0 Å². The number of hydrogen-bond donors (Lipinski definition) is 2. The number of benzene rings is 2. The smallest absolute Gasteiger partial charge is 0.170 e. The van der Waals surface area contributed by atoms with Crippen molar-refractivity contribution in [2.75, 3.05) is 11.9 Å². The van der Waals surface area contributed by atoms with Crippen LogP contribution in [-0.2, 0) is 6.42 Å². The van der Waals surface area contributed by atoms with Crippen molar-refractivity contribution in [3.63, 3.8) is 0 Å². The topological polar surface area (TPSA) is 24.1 Å². The molecule has 0 spiro atoms. The summed E-state index contributed by atoms with van der Waals surface area (Å²) in [5.74, 6) is 0.549. The molecule has 1 atom stereocenters. The van der Waals surface area contributed by atoms with E-state index in [0.717, 1.165) is 25.1 Å². The van der Waals surface area contributed by atoms with Crippen LogP contribution in [0.1, 0.15) is 18.9 Å². The maximum Gasteiger partial charge on any atom is 0.170 e. The molecule has 2 aromatic rings. The van der Waals surface area contributed by atoms with E-state index < -0.39 is 0 Å². The summed E-state index contributed by atoms with van der Waals surface area (Å²) in [5.41, 5.74) is 2.19. The Hall–Kier alpha value is -1.58. The molecule has 22 heavy (non-hydrogen) atoms. The average molecular weight is 333 g/mol. The van der Waals surface area contributed by atoms with Crippen molar-refractivity contribution in [2.45, 2.75) is 19.8 Å². The summed E-state index contributed by atoms with van der Waals surface area (Å²) < 4.78 is 0. The van der Waals surface area contributed by atoms with E-state index >= 15 is 0 Å². The Kier molecular flexibility index (Phi) is 6.69. The zero-order valence-corrected chi connectivity index (χ0v) is 14.3. The first-order chi connectivity index (χ1) is 10.7. The quantitative estimate of drug-likeness (QED) is 0.736. The summed E-state index contributed by atoms with van der Waals surface area (Å²) in [6, 6.07) is 18.1. The lowest BCUT2D eigenvalue weighted by atomic mass is 9.97. The highest BCUT2D eigenvalue weighted by atomic mass is 35.5. The fourth-order valence-corrected chi connectivity index (χ4v) is 2.65. The Morgan fingerprint density at radius 2 is 1.77 bits per heavy atom. The third-order valence-electron chi connectivity index (χ3n) is 3.62. The SMILES string of the molecule is CC[C@@H](CNC(=S)Nc1ccccc1Cl)Cc1ccccc1. The molecule has 0 fully saturated rings. The van der Waals surface area contributed by atoms with Crippen molar-refractivity contribution in [2.24, 2.45) is 5.92 Å². The zero-order chi connectivity index (χ0) is 15.8. The standard InChI is InChI=1S/C18H21ClN2S/c1-2-14(12-15-8-4-3-5-9-15)13-20-18(22)21-17-11-7-6-10-16(17)19/h3-11,14H,2,12-13H2,1H3,(H2,20,21,22)/t14-/m1/s1. The van der Waals surface area contributed by atoms with Crippen LogP contribution in [-0.4, -0.2) is 11.7 Å². The number of hydrogen-bond acceptors (Lipinski definition) is 1. The molecule has 0 saturated carbocycles. The molecule has 0 amide bonds. The van der Waals surface area contributed by atoms with Gasteiger partial charge in [0.25, 0.3) is 0 Å². The molecule has 0 radical (unpaired) electrons. The lowest BCUT2D eigenvalue weighted by molar-refractivity contribution is 0.498. The van der Waals surface area contributed by atoms with Crippen molar-refractivity contribution < 1.29 is 0 Å². The molecule has 2 aromatic carbocycles. The van der Waals surface area contributed by atoms with Gasteiger partial charge in [0, 0.05) is 6.54 Å². The molecular weight excluding hydrogens is 312 g/mol. The number of rotatable bonds is 6. The van der Waals surface area contributed by atoms with Crippen LogP contribution < -0.4 is 10.6 Å². The second kappa shape index (κ2) is 8.76. The third-order valence-corrected chi connectivity index (χ3v) is 4.19. The minimum atomic E-state index is 0.549. The van der Waals surface area contributed by atoms with Crippen LogP contribution in [0.15, 0.2) is 54.6 Å². The van der Waals surface area contributed by atoms with E-state index in [0.29, 0.717) is 16.1 Å². The highest BCUT2D eigenvalue weighted by Crippen LogP contribution is 2.20. The van der Waals surface area contributed by atoms with E-state index in [1.165, 1.54) is 5.56 Å². The molecule has 0 saturated heterocycles. The van der Waals surface area contributed by atoms with Gasteiger partial charge < -0.3 is 10.6 Å². The van der Waals surface area contributed by atoms with Crippen LogP contribution in [0, 0.1) is 5.92 Å². The lowest BCUT2D eigenvalue weighted by Gasteiger charge is -2.18. The predicted octanol–water partition coefficient (Wildman–Crippen LogP) is 4.90.